The summed E-state index contributed by atoms with van der Waals surface area (Å²) in [7, 11) is -3.57. The topological polar surface area (TPSA) is 91.6 Å². The lowest BCUT2D eigenvalue weighted by Gasteiger charge is -2.33. The zero-order chi connectivity index (χ0) is 20.9. The van der Waals surface area contributed by atoms with Gasteiger partial charge in [0.2, 0.25) is 10.0 Å². The lowest BCUT2D eigenvalue weighted by atomic mass is 10.1. The summed E-state index contributed by atoms with van der Waals surface area (Å²) in [6.45, 7) is 5.92. The fourth-order valence-electron chi connectivity index (χ4n) is 3.58. The van der Waals surface area contributed by atoms with E-state index in [0.717, 1.165) is 31.7 Å². The maximum Gasteiger partial charge on any atom is 0.251 e. The highest BCUT2D eigenvalue weighted by Gasteiger charge is 2.25. The lowest BCUT2D eigenvalue weighted by Crippen LogP contribution is -2.40. The van der Waals surface area contributed by atoms with E-state index in [-0.39, 0.29) is 22.9 Å². The first-order valence-corrected chi connectivity index (χ1v) is 11.5. The molecule has 1 aliphatic heterocycles. The van der Waals surface area contributed by atoms with Gasteiger partial charge < -0.3 is 9.73 Å². The molecule has 0 spiro atoms. The minimum atomic E-state index is -3.57. The van der Waals surface area contributed by atoms with Crippen molar-refractivity contribution in [2.45, 2.75) is 50.1 Å². The molecule has 1 aromatic heterocycles. The van der Waals surface area contributed by atoms with Crippen LogP contribution in [0, 0.1) is 0 Å². The van der Waals surface area contributed by atoms with E-state index in [0.29, 0.717) is 12.1 Å². The highest BCUT2D eigenvalue weighted by atomic mass is 32.2. The number of rotatable bonds is 8. The molecule has 7 nitrogen and oxygen atoms in total. The van der Waals surface area contributed by atoms with Gasteiger partial charge in [0.15, 0.2) is 0 Å². The molecule has 1 fully saturated rings. The first kappa shape index (κ1) is 21.5. The van der Waals surface area contributed by atoms with Gasteiger partial charge in [-0.2, -0.15) is 0 Å². The molecule has 2 N–H and O–H groups in total. The van der Waals surface area contributed by atoms with Crippen LogP contribution in [0.2, 0.25) is 0 Å². The quantitative estimate of drug-likeness (QED) is 0.686. The molecule has 0 aliphatic carbocycles. The van der Waals surface area contributed by atoms with Crippen LogP contribution in [0.25, 0.3) is 0 Å². The molecule has 8 heteroatoms. The largest absolute Gasteiger partial charge is 0.468 e. The number of furan rings is 1. The van der Waals surface area contributed by atoms with Crippen LogP contribution >= 0.6 is 0 Å². The summed E-state index contributed by atoms with van der Waals surface area (Å²) in [6.07, 6.45) is 5.17. The number of benzene rings is 1. The smallest absolute Gasteiger partial charge is 0.251 e. The average molecular weight is 420 g/mol. The third kappa shape index (κ3) is 5.68. The van der Waals surface area contributed by atoms with Crippen LogP contribution in [0.4, 0.5) is 0 Å². The van der Waals surface area contributed by atoms with Crippen molar-refractivity contribution in [2.24, 2.45) is 0 Å². The Morgan fingerprint density at radius 2 is 1.79 bits per heavy atom. The number of sulfonamides is 1. The Balaban J connectivity index is 1.65. The number of hydrogen-bond donors (Lipinski definition) is 2. The Morgan fingerprint density at radius 1 is 1.10 bits per heavy atom. The molecule has 1 atom stereocenters. The van der Waals surface area contributed by atoms with E-state index in [4.69, 9.17) is 4.42 Å². The molecule has 0 saturated carbocycles. The summed E-state index contributed by atoms with van der Waals surface area (Å²) in [5.41, 5.74) is 0.422. The lowest BCUT2D eigenvalue weighted by molar-refractivity contribution is 0.0914. The van der Waals surface area contributed by atoms with Crippen molar-refractivity contribution >= 4 is 15.9 Å². The Kier molecular flexibility index (Phi) is 7.10. The fourth-order valence-corrected chi connectivity index (χ4v) is 4.83. The maximum absolute atomic E-state index is 12.6. The van der Waals surface area contributed by atoms with E-state index in [2.05, 4.69) is 14.9 Å². The summed E-state index contributed by atoms with van der Waals surface area (Å²) >= 11 is 0. The number of nitrogens with one attached hydrogen (secondary N) is 2. The van der Waals surface area contributed by atoms with Crippen LogP contribution in [0.3, 0.4) is 0 Å². The van der Waals surface area contributed by atoms with E-state index < -0.39 is 10.0 Å². The Morgan fingerprint density at radius 3 is 2.38 bits per heavy atom. The number of likely N-dealkylation sites (tertiary alicyclic amines) is 1. The van der Waals surface area contributed by atoms with Crippen LogP contribution in [-0.2, 0) is 10.0 Å². The fraction of sp³-hybridized carbons (Fsp3) is 0.476. The first-order valence-electron chi connectivity index (χ1n) is 10.0. The Bertz CT molecular complexity index is 887. The number of hydrogen-bond acceptors (Lipinski definition) is 5. The second kappa shape index (κ2) is 9.56. The van der Waals surface area contributed by atoms with Gasteiger partial charge in [0.25, 0.3) is 5.91 Å². The van der Waals surface area contributed by atoms with Gasteiger partial charge in [0, 0.05) is 18.2 Å². The third-order valence-electron chi connectivity index (χ3n) is 4.98. The summed E-state index contributed by atoms with van der Waals surface area (Å²) in [5.74, 6) is 0.604. The van der Waals surface area contributed by atoms with E-state index in [1.165, 1.54) is 30.7 Å². The highest BCUT2D eigenvalue weighted by Crippen LogP contribution is 2.24. The van der Waals surface area contributed by atoms with Crippen molar-refractivity contribution < 1.29 is 17.6 Å². The molecule has 0 bridgehead atoms. The minimum absolute atomic E-state index is 0.0101. The molecule has 0 radical (unpaired) electrons. The van der Waals surface area contributed by atoms with Crippen LogP contribution in [-0.4, -0.2) is 44.9 Å². The highest BCUT2D eigenvalue weighted by molar-refractivity contribution is 7.89. The standard InChI is InChI=1S/C21H29N3O4S/c1-16(2)23-29(26,27)18-10-8-17(9-11-18)21(25)22-15-19(20-7-6-14-28-20)24-12-4-3-5-13-24/h6-11,14,16,19,23H,3-5,12-13,15H2,1-2H3,(H,22,25). The second-order valence-electron chi connectivity index (χ2n) is 7.64. The molecule has 2 heterocycles. The van der Waals surface area contributed by atoms with Gasteiger partial charge >= 0.3 is 0 Å². The molecule has 1 amide bonds. The Hall–Kier alpha value is -2.16. The summed E-state index contributed by atoms with van der Waals surface area (Å²) in [5, 5.41) is 2.97. The molecule has 2 aromatic rings. The number of carbonyl (C=O) groups is 1. The number of nitrogens with zero attached hydrogens (tertiary/aromatic N) is 1. The SMILES string of the molecule is CC(C)NS(=O)(=O)c1ccc(C(=O)NCC(c2ccco2)N2CCCCC2)cc1. The van der Waals surface area contributed by atoms with E-state index in [1.54, 1.807) is 20.1 Å². The summed E-state index contributed by atoms with van der Waals surface area (Å²) in [4.78, 5) is 15.1. The first-order chi connectivity index (χ1) is 13.9. The molecule has 1 unspecified atom stereocenters. The van der Waals surface area contributed by atoms with Crippen molar-refractivity contribution in [3.63, 3.8) is 0 Å². The predicted molar refractivity (Wildman–Crippen MR) is 111 cm³/mol. The van der Waals surface area contributed by atoms with Crippen molar-refractivity contribution in [2.75, 3.05) is 19.6 Å². The van der Waals surface area contributed by atoms with Crippen LogP contribution in [0.15, 0.2) is 52.0 Å². The molecular weight excluding hydrogens is 390 g/mol. The maximum atomic E-state index is 12.6. The summed E-state index contributed by atoms with van der Waals surface area (Å²) < 4.78 is 32.6. The van der Waals surface area contributed by atoms with Gasteiger partial charge in [-0.05, 0) is 76.2 Å². The number of carbonyl (C=O) groups excluding carboxylic acids is 1. The molecule has 29 heavy (non-hydrogen) atoms. The average Bonchev–Trinajstić information content (AvgIpc) is 3.22. The molecule has 3 rings (SSSR count). The van der Waals surface area contributed by atoms with Gasteiger partial charge in [-0.15, -0.1) is 0 Å². The van der Waals surface area contributed by atoms with Crippen LogP contribution in [0.1, 0.15) is 55.3 Å². The third-order valence-corrected chi connectivity index (χ3v) is 6.65. The van der Waals surface area contributed by atoms with Crippen molar-refractivity contribution in [3.8, 4) is 0 Å². The minimum Gasteiger partial charge on any atom is -0.468 e. The van der Waals surface area contributed by atoms with E-state index >= 15 is 0 Å². The molecule has 1 saturated heterocycles. The molecule has 1 aliphatic rings. The Labute approximate surface area is 172 Å². The normalized spacial score (nSPS) is 16.7. The van der Waals surface area contributed by atoms with Gasteiger partial charge in [-0.1, -0.05) is 6.42 Å². The van der Waals surface area contributed by atoms with Crippen molar-refractivity contribution in [1.29, 1.82) is 0 Å². The zero-order valence-electron chi connectivity index (χ0n) is 16.9. The van der Waals surface area contributed by atoms with E-state index in [9.17, 15) is 13.2 Å². The van der Waals surface area contributed by atoms with Gasteiger partial charge in [-0.25, -0.2) is 13.1 Å². The summed E-state index contributed by atoms with van der Waals surface area (Å²) in [6, 6.07) is 9.56. The van der Waals surface area contributed by atoms with Crippen LogP contribution < -0.4 is 10.0 Å². The second-order valence-corrected chi connectivity index (χ2v) is 9.35. The van der Waals surface area contributed by atoms with Gasteiger partial charge in [-0.3, -0.25) is 9.69 Å². The number of amides is 1. The zero-order valence-corrected chi connectivity index (χ0v) is 17.7. The van der Waals surface area contributed by atoms with Crippen molar-refractivity contribution in [3.05, 3.63) is 54.0 Å². The van der Waals surface area contributed by atoms with Gasteiger partial charge in [0.1, 0.15) is 5.76 Å². The molecular formula is C21H29N3O4S. The monoisotopic (exact) mass is 419 g/mol. The number of piperidine rings is 1. The van der Waals surface area contributed by atoms with Crippen molar-refractivity contribution in [1.82, 2.24) is 14.9 Å². The van der Waals surface area contributed by atoms with E-state index in [1.807, 2.05) is 12.1 Å². The predicted octanol–water partition coefficient (Wildman–Crippen LogP) is 2.92. The molecule has 1 aromatic carbocycles. The van der Waals surface area contributed by atoms with Crippen LogP contribution in [0.5, 0.6) is 0 Å². The van der Waals surface area contributed by atoms with Gasteiger partial charge in [0.05, 0.1) is 17.2 Å². The molecule has 158 valence electrons.